The van der Waals surface area contributed by atoms with Crippen LogP contribution in [0.4, 0.5) is 0 Å². The van der Waals surface area contributed by atoms with Crippen LogP contribution < -0.4 is 14.8 Å². The third-order valence-corrected chi connectivity index (χ3v) is 5.05. The molecule has 3 aromatic rings. The summed E-state index contributed by atoms with van der Waals surface area (Å²) in [5, 5.41) is 3.75. The number of nitrogens with one attached hydrogen (secondary N) is 1. The molecule has 0 saturated heterocycles. The number of thiazole rings is 1. The number of aromatic nitrogens is 2. The van der Waals surface area contributed by atoms with E-state index in [9.17, 15) is 4.79 Å². The molecule has 2 aromatic heterocycles. The Morgan fingerprint density at radius 3 is 2.63 bits per heavy atom. The molecule has 1 amide bonds. The SMILES string of the molecule is COc1ccc(OC[C@@H](C)NC(=O)c2sc(-c3cccnc3)nc2C)cc1. The zero-order chi connectivity index (χ0) is 19.2. The van der Waals surface area contributed by atoms with Crippen molar-refractivity contribution in [2.45, 2.75) is 19.9 Å². The minimum atomic E-state index is -0.150. The lowest BCUT2D eigenvalue weighted by molar-refractivity contribution is 0.0930. The maximum Gasteiger partial charge on any atom is 0.263 e. The molecular weight excluding hydrogens is 362 g/mol. The van der Waals surface area contributed by atoms with E-state index in [4.69, 9.17) is 9.47 Å². The highest BCUT2D eigenvalue weighted by Gasteiger charge is 2.18. The monoisotopic (exact) mass is 383 g/mol. The van der Waals surface area contributed by atoms with Crippen molar-refractivity contribution >= 4 is 17.2 Å². The van der Waals surface area contributed by atoms with Crippen molar-refractivity contribution in [1.29, 1.82) is 0 Å². The van der Waals surface area contributed by atoms with Crippen molar-refractivity contribution in [3.63, 3.8) is 0 Å². The first-order chi connectivity index (χ1) is 13.1. The number of methoxy groups -OCH3 is 1. The molecule has 6 nitrogen and oxygen atoms in total. The molecular formula is C20H21N3O3S. The maximum atomic E-state index is 12.6. The Bertz CT molecular complexity index is 895. The summed E-state index contributed by atoms with van der Waals surface area (Å²) in [6.45, 7) is 4.11. The Balaban J connectivity index is 1.58. The standard InChI is InChI=1S/C20H21N3O3S/c1-13(12-26-17-8-6-16(25-3)7-9-17)22-19(24)18-14(2)23-20(27-18)15-5-4-10-21-11-15/h4-11,13H,12H2,1-3H3,(H,22,24)/t13-/m1/s1. The summed E-state index contributed by atoms with van der Waals surface area (Å²) >= 11 is 1.36. The molecule has 1 aromatic carbocycles. The predicted octanol–water partition coefficient (Wildman–Crippen LogP) is 3.72. The van der Waals surface area contributed by atoms with Crippen LogP contribution in [0, 0.1) is 6.92 Å². The number of carbonyl (C=O) groups is 1. The molecule has 0 saturated carbocycles. The molecule has 0 spiro atoms. The van der Waals surface area contributed by atoms with Crippen LogP contribution in [0.15, 0.2) is 48.8 Å². The molecule has 0 radical (unpaired) electrons. The molecule has 1 atom stereocenters. The highest BCUT2D eigenvalue weighted by molar-refractivity contribution is 7.17. The van der Waals surface area contributed by atoms with Crippen LogP contribution >= 0.6 is 11.3 Å². The van der Waals surface area contributed by atoms with Gasteiger partial charge in [-0.05, 0) is 50.2 Å². The van der Waals surface area contributed by atoms with E-state index < -0.39 is 0 Å². The minimum Gasteiger partial charge on any atom is -0.497 e. The van der Waals surface area contributed by atoms with E-state index in [-0.39, 0.29) is 11.9 Å². The van der Waals surface area contributed by atoms with Gasteiger partial charge in [0.1, 0.15) is 28.0 Å². The van der Waals surface area contributed by atoms with Gasteiger partial charge in [-0.2, -0.15) is 0 Å². The highest BCUT2D eigenvalue weighted by atomic mass is 32.1. The number of pyridine rings is 1. The summed E-state index contributed by atoms with van der Waals surface area (Å²) in [6, 6.07) is 11.0. The molecule has 1 N–H and O–H groups in total. The van der Waals surface area contributed by atoms with Crippen LogP contribution in [-0.2, 0) is 0 Å². The third kappa shape index (κ3) is 4.83. The molecule has 0 aliphatic rings. The van der Waals surface area contributed by atoms with Gasteiger partial charge in [0.25, 0.3) is 5.91 Å². The summed E-state index contributed by atoms with van der Waals surface area (Å²) < 4.78 is 10.8. The van der Waals surface area contributed by atoms with Crippen molar-refractivity contribution in [3.8, 4) is 22.1 Å². The lowest BCUT2D eigenvalue weighted by Crippen LogP contribution is -2.36. The summed E-state index contributed by atoms with van der Waals surface area (Å²) in [4.78, 5) is 21.8. The van der Waals surface area contributed by atoms with E-state index >= 15 is 0 Å². The average Bonchev–Trinajstić information content (AvgIpc) is 3.09. The zero-order valence-corrected chi connectivity index (χ0v) is 16.2. The van der Waals surface area contributed by atoms with Gasteiger partial charge in [0.2, 0.25) is 0 Å². The Morgan fingerprint density at radius 2 is 1.96 bits per heavy atom. The number of aryl methyl sites for hydroxylation is 1. The first-order valence-corrected chi connectivity index (χ1v) is 9.34. The smallest absolute Gasteiger partial charge is 0.263 e. The molecule has 7 heteroatoms. The van der Waals surface area contributed by atoms with E-state index in [0.29, 0.717) is 17.2 Å². The summed E-state index contributed by atoms with van der Waals surface area (Å²) in [5.41, 5.74) is 1.61. The molecule has 0 aliphatic heterocycles. The van der Waals surface area contributed by atoms with Crippen LogP contribution in [0.25, 0.3) is 10.6 Å². The normalized spacial score (nSPS) is 11.7. The predicted molar refractivity (Wildman–Crippen MR) is 105 cm³/mol. The Morgan fingerprint density at radius 1 is 1.22 bits per heavy atom. The second kappa shape index (κ2) is 8.64. The van der Waals surface area contributed by atoms with E-state index in [0.717, 1.165) is 22.1 Å². The van der Waals surface area contributed by atoms with Crippen LogP contribution in [0.1, 0.15) is 22.3 Å². The van der Waals surface area contributed by atoms with Gasteiger partial charge >= 0.3 is 0 Å². The summed E-state index contributed by atoms with van der Waals surface area (Å²) in [5.74, 6) is 1.35. The van der Waals surface area contributed by atoms with Gasteiger partial charge < -0.3 is 14.8 Å². The second-order valence-electron chi connectivity index (χ2n) is 6.04. The van der Waals surface area contributed by atoms with Gasteiger partial charge in [-0.1, -0.05) is 0 Å². The zero-order valence-electron chi connectivity index (χ0n) is 15.4. The number of amides is 1. The number of ether oxygens (including phenoxy) is 2. The van der Waals surface area contributed by atoms with Crippen LogP contribution in [0.2, 0.25) is 0 Å². The first kappa shape index (κ1) is 18.8. The van der Waals surface area contributed by atoms with Crippen molar-refractivity contribution in [1.82, 2.24) is 15.3 Å². The number of benzene rings is 1. The maximum absolute atomic E-state index is 12.6. The molecule has 0 bridgehead atoms. The van der Waals surface area contributed by atoms with Crippen LogP contribution in [0.3, 0.4) is 0 Å². The second-order valence-corrected chi connectivity index (χ2v) is 7.04. The lowest BCUT2D eigenvalue weighted by atomic mass is 10.3. The number of hydrogen-bond donors (Lipinski definition) is 1. The van der Waals surface area contributed by atoms with Crippen molar-refractivity contribution in [2.24, 2.45) is 0 Å². The van der Waals surface area contributed by atoms with Gasteiger partial charge in [0.15, 0.2) is 0 Å². The van der Waals surface area contributed by atoms with Crippen molar-refractivity contribution in [2.75, 3.05) is 13.7 Å². The largest absolute Gasteiger partial charge is 0.497 e. The van der Waals surface area contributed by atoms with E-state index in [1.165, 1.54) is 11.3 Å². The molecule has 0 unspecified atom stereocenters. The van der Waals surface area contributed by atoms with Gasteiger partial charge in [-0.15, -0.1) is 11.3 Å². The van der Waals surface area contributed by atoms with Crippen LogP contribution in [-0.4, -0.2) is 35.6 Å². The molecule has 27 heavy (non-hydrogen) atoms. The van der Waals surface area contributed by atoms with Gasteiger partial charge in [-0.3, -0.25) is 9.78 Å². The Hall–Kier alpha value is -2.93. The van der Waals surface area contributed by atoms with Gasteiger partial charge in [-0.25, -0.2) is 4.98 Å². The number of nitrogens with zero attached hydrogens (tertiary/aromatic N) is 2. The molecule has 0 aliphatic carbocycles. The van der Waals surface area contributed by atoms with E-state index in [1.54, 1.807) is 19.5 Å². The van der Waals surface area contributed by atoms with E-state index in [2.05, 4.69) is 15.3 Å². The first-order valence-electron chi connectivity index (χ1n) is 8.52. The lowest BCUT2D eigenvalue weighted by Gasteiger charge is -2.15. The fourth-order valence-corrected chi connectivity index (χ4v) is 3.40. The molecule has 140 valence electrons. The van der Waals surface area contributed by atoms with Crippen molar-refractivity contribution in [3.05, 3.63) is 59.4 Å². The van der Waals surface area contributed by atoms with Crippen LogP contribution in [0.5, 0.6) is 11.5 Å². The molecule has 3 rings (SSSR count). The number of hydrogen-bond acceptors (Lipinski definition) is 6. The quantitative estimate of drug-likeness (QED) is 0.673. The number of carbonyl (C=O) groups excluding carboxylic acids is 1. The van der Waals surface area contributed by atoms with E-state index in [1.807, 2.05) is 50.2 Å². The Kier molecular flexibility index (Phi) is 6.03. The average molecular weight is 383 g/mol. The fourth-order valence-electron chi connectivity index (χ4n) is 2.44. The molecule has 0 fully saturated rings. The number of rotatable bonds is 7. The minimum absolute atomic E-state index is 0.147. The highest BCUT2D eigenvalue weighted by Crippen LogP contribution is 2.27. The molecule has 2 heterocycles. The fraction of sp³-hybridized carbons (Fsp3) is 0.250. The third-order valence-electron chi connectivity index (χ3n) is 3.85. The van der Waals surface area contributed by atoms with Gasteiger partial charge in [0.05, 0.1) is 18.8 Å². The van der Waals surface area contributed by atoms with Gasteiger partial charge in [0, 0.05) is 18.0 Å². The summed E-state index contributed by atoms with van der Waals surface area (Å²) in [7, 11) is 1.62. The van der Waals surface area contributed by atoms with Crippen molar-refractivity contribution < 1.29 is 14.3 Å². The topological polar surface area (TPSA) is 73.3 Å². The summed E-state index contributed by atoms with van der Waals surface area (Å²) in [6.07, 6.45) is 3.45. The Labute approximate surface area is 162 Å².